The summed E-state index contributed by atoms with van der Waals surface area (Å²) in [6.07, 6.45) is 2.48. The Balaban J connectivity index is 2.15. The standard InChI is InChI=1S/C14H19NO2/c1-3-14(16)15-8-6-11-4-5-13(17-2)10-12(11)7-9-15/h4-5,10H,3,6-9H2,1-2H3. The molecule has 0 unspecified atom stereocenters. The number of nitrogens with zero attached hydrogens (tertiary/aromatic N) is 1. The molecule has 3 heteroatoms. The third kappa shape index (κ3) is 2.60. The van der Waals surface area contributed by atoms with Gasteiger partial charge in [-0.2, -0.15) is 0 Å². The fraction of sp³-hybridized carbons (Fsp3) is 0.500. The van der Waals surface area contributed by atoms with Crippen LogP contribution in [0.25, 0.3) is 0 Å². The second-order valence-electron chi connectivity index (χ2n) is 4.37. The van der Waals surface area contributed by atoms with Gasteiger partial charge in [-0.25, -0.2) is 0 Å². The summed E-state index contributed by atoms with van der Waals surface area (Å²) in [7, 11) is 1.69. The van der Waals surface area contributed by atoms with E-state index in [4.69, 9.17) is 4.74 Å². The third-order valence-corrected chi connectivity index (χ3v) is 3.37. The molecule has 0 aliphatic carbocycles. The fourth-order valence-electron chi connectivity index (χ4n) is 2.30. The van der Waals surface area contributed by atoms with Crippen LogP contribution in [0.5, 0.6) is 5.75 Å². The van der Waals surface area contributed by atoms with E-state index in [1.165, 1.54) is 11.1 Å². The Morgan fingerprint density at radius 2 is 2.00 bits per heavy atom. The number of methoxy groups -OCH3 is 1. The number of ether oxygens (including phenoxy) is 1. The van der Waals surface area contributed by atoms with Gasteiger partial charge in [0.2, 0.25) is 5.91 Å². The van der Waals surface area contributed by atoms with E-state index in [9.17, 15) is 4.79 Å². The number of hydrogen-bond acceptors (Lipinski definition) is 2. The van der Waals surface area contributed by atoms with Crippen molar-refractivity contribution in [3.63, 3.8) is 0 Å². The molecule has 2 rings (SSSR count). The van der Waals surface area contributed by atoms with Crippen LogP contribution < -0.4 is 4.74 Å². The second-order valence-corrected chi connectivity index (χ2v) is 4.37. The first-order chi connectivity index (χ1) is 8.24. The minimum Gasteiger partial charge on any atom is -0.497 e. The molecule has 0 saturated heterocycles. The molecule has 1 aromatic rings. The quantitative estimate of drug-likeness (QED) is 0.782. The van der Waals surface area contributed by atoms with Crippen LogP contribution in [0.1, 0.15) is 24.5 Å². The molecule has 0 bridgehead atoms. The molecule has 17 heavy (non-hydrogen) atoms. The van der Waals surface area contributed by atoms with Gasteiger partial charge in [0.15, 0.2) is 0 Å². The summed E-state index contributed by atoms with van der Waals surface area (Å²) in [6.45, 7) is 3.59. The SMILES string of the molecule is CCC(=O)N1CCc2ccc(OC)cc2CC1. The average molecular weight is 233 g/mol. The van der Waals surface area contributed by atoms with Gasteiger partial charge >= 0.3 is 0 Å². The summed E-state index contributed by atoms with van der Waals surface area (Å²) in [4.78, 5) is 13.7. The van der Waals surface area contributed by atoms with Gasteiger partial charge in [-0.3, -0.25) is 4.79 Å². The van der Waals surface area contributed by atoms with Gasteiger partial charge in [-0.05, 0) is 36.1 Å². The molecule has 1 aliphatic heterocycles. The van der Waals surface area contributed by atoms with Gasteiger partial charge in [0.05, 0.1) is 7.11 Å². The van der Waals surface area contributed by atoms with Crippen LogP contribution in [0.4, 0.5) is 0 Å². The number of fused-ring (bicyclic) bond motifs is 1. The van der Waals surface area contributed by atoms with E-state index >= 15 is 0 Å². The van der Waals surface area contributed by atoms with Crippen LogP contribution in [0.3, 0.4) is 0 Å². The number of amides is 1. The van der Waals surface area contributed by atoms with Crippen LogP contribution in [-0.4, -0.2) is 31.0 Å². The highest BCUT2D eigenvalue weighted by atomic mass is 16.5. The number of rotatable bonds is 2. The lowest BCUT2D eigenvalue weighted by atomic mass is 10.0. The highest BCUT2D eigenvalue weighted by Crippen LogP contribution is 2.21. The van der Waals surface area contributed by atoms with Crippen LogP contribution in [0.2, 0.25) is 0 Å². The Labute approximate surface area is 102 Å². The molecule has 3 nitrogen and oxygen atoms in total. The monoisotopic (exact) mass is 233 g/mol. The van der Waals surface area contributed by atoms with E-state index in [1.807, 2.05) is 17.9 Å². The Morgan fingerprint density at radius 1 is 1.29 bits per heavy atom. The number of carbonyl (C=O) groups is 1. The lowest BCUT2D eigenvalue weighted by molar-refractivity contribution is -0.130. The second kappa shape index (κ2) is 5.21. The van der Waals surface area contributed by atoms with Gasteiger partial charge in [-0.1, -0.05) is 13.0 Å². The summed E-state index contributed by atoms with van der Waals surface area (Å²) in [6, 6.07) is 6.21. The van der Waals surface area contributed by atoms with Gasteiger partial charge < -0.3 is 9.64 Å². The van der Waals surface area contributed by atoms with Crippen LogP contribution in [0.15, 0.2) is 18.2 Å². The number of benzene rings is 1. The molecule has 1 heterocycles. The van der Waals surface area contributed by atoms with E-state index in [0.717, 1.165) is 31.7 Å². The largest absolute Gasteiger partial charge is 0.497 e. The molecule has 0 saturated carbocycles. The summed E-state index contributed by atoms with van der Waals surface area (Å²) < 4.78 is 5.24. The van der Waals surface area contributed by atoms with Crippen LogP contribution in [0, 0.1) is 0 Å². The molecule has 1 aliphatic rings. The average Bonchev–Trinajstić information content (AvgIpc) is 2.59. The molecule has 0 radical (unpaired) electrons. The first-order valence-corrected chi connectivity index (χ1v) is 6.18. The van der Waals surface area contributed by atoms with Gasteiger partial charge in [0.25, 0.3) is 0 Å². The first kappa shape index (κ1) is 12.0. The van der Waals surface area contributed by atoms with Gasteiger partial charge in [0.1, 0.15) is 5.75 Å². The predicted molar refractivity (Wildman–Crippen MR) is 67.3 cm³/mol. The topological polar surface area (TPSA) is 29.5 Å². The molecule has 0 spiro atoms. The lowest BCUT2D eigenvalue weighted by Gasteiger charge is -2.19. The maximum absolute atomic E-state index is 11.7. The molecule has 0 N–H and O–H groups in total. The van der Waals surface area contributed by atoms with Crippen LogP contribution >= 0.6 is 0 Å². The molecule has 92 valence electrons. The molecule has 0 aromatic heterocycles. The fourth-order valence-corrected chi connectivity index (χ4v) is 2.30. The third-order valence-electron chi connectivity index (χ3n) is 3.37. The van der Waals surface area contributed by atoms with Gasteiger partial charge in [-0.15, -0.1) is 0 Å². The first-order valence-electron chi connectivity index (χ1n) is 6.18. The Morgan fingerprint density at radius 3 is 2.65 bits per heavy atom. The maximum atomic E-state index is 11.7. The maximum Gasteiger partial charge on any atom is 0.222 e. The highest BCUT2D eigenvalue weighted by molar-refractivity contribution is 5.75. The lowest BCUT2D eigenvalue weighted by Crippen LogP contribution is -2.32. The Bertz CT molecular complexity index is 415. The van der Waals surface area contributed by atoms with E-state index < -0.39 is 0 Å². The summed E-state index contributed by atoms with van der Waals surface area (Å²) in [5.74, 6) is 1.16. The van der Waals surface area contributed by atoms with E-state index in [1.54, 1.807) is 7.11 Å². The van der Waals surface area contributed by atoms with Crippen molar-refractivity contribution < 1.29 is 9.53 Å². The minimum absolute atomic E-state index is 0.254. The van der Waals surface area contributed by atoms with Crippen molar-refractivity contribution in [1.29, 1.82) is 0 Å². The van der Waals surface area contributed by atoms with Crippen molar-refractivity contribution in [2.24, 2.45) is 0 Å². The summed E-state index contributed by atoms with van der Waals surface area (Å²) in [5, 5.41) is 0. The van der Waals surface area contributed by atoms with E-state index in [2.05, 4.69) is 12.1 Å². The van der Waals surface area contributed by atoms with Crippen molar-refractivity contribution in [1.82, 2.24) is 4.90 Å². The zero-order valence-corrected chi connectivity index (χ0v) is 10.5. The molecular weight excluding hydrogens is 214 g/mol. The van der Waals surface area contributed by atoms with Crippen molar-refractivity contribution in [2.75, 3.05) is 20.2 Å². The zero-order valence-electron chi connectivity index (χ0n) is 10.5. The van der Waals surface area contributed by atoms with Crippen molar-refractivity contribution in [3.05, 3.63) is 29.3 Å². The number of carbonyl (C=O) groups excluding carboxylic acids is 1. The Kier molecular flexibility index (Phi) is 3.67. The zero-order chi connectivity index (χ0) is 12.3. The number of hydrogen-bond donors (Lipinski definition) is 0. The molecule has 1 amide bonds. The molecular formula is C14H19NO2. The minimum atomic E-state index is 0.254. The van der Waals surface area contributed by atoms with Crippen molar-refractivity contribution >= 4 is 5.91 Å². The van der Waals surface area contributed by atoms with Gasteiger partial charge in [0, 0.05) is 19.5 Å². The van der Waals surface area contributed by atoms with Crippen molar-refractivity contribution in [2.45, 2.75) is 26.2 Å². The molecule has 1 aromatic carbocycles. The Hall–Kier alpha value is -1.51. The van der Waals surface area contributed by atoms with E-state index in [0.29, 0.717) is 6.42 Å². The van der Waals surface area contributed by atoms with Crippen molar-refractivity contribution in [3.8, 4) is 5.75 Å². The molecule has 0 fully saturated rings. The normalized spacial score (nSPS) is 15.1. The summed E-state index contributed by atoms with van der Waals surface area (Å²) in [5.41, 5.74) is 2.66. The van der Waals surface area contributed by atoms with Crippen LogP contribution in [-0.2, 0) is 17.6 Å². The summed E-state index contributed by atoms with van der Waals surface area (Å²) >= 11 is 0. The molecule has 0 atom stereocenters. The highest BCUT2D eigenvalue weighted by Gasteiger charge is 2.17. The smallest absolute Gasteiger partial charge is 0.222 e. The van der Waals surface area contributed by atoms with E-state index in [-0.39, 0.29) is 5.91 Å². The predicted octanol–water partition coefficient (Wildman–Crippen LogP) is 2.03.